The minimum atomic E-state index is -1.59. The van der Waals surface area contributed by atoms with E-state index in [1.807, 2.05) is 0 Å². The molecule has 0 spiro atoms. The molecule has 1 rings (SSSR count). The Morgan fingerprint density at radius 3 is 2.64 bits per heavy atom. The topological polar surface area (TPSA) is 49.3 Å². The second kappa shape index (κ2) is 4.85. The van der Waals surface area contributed by atoms with E-state index < -0.39 is 11.1 Å². The van der Waals surface area contributed by atoms with Crippen LogP contribution in [0.5, 0.6) is 0 Å². The third-order valence-corrected chi connectivity index (χ3v) is 2.74. The van der Waals surface area contributed by atoms with Crippen molar-refractivity contribution in [2.45, 2.75) is 19.3 Å². The monoisotopic (exact) mass is 177 g/mol. The molecule has 0 aliphatic carbocycles. The lowest BCUT2D eigenvalue weighted by Gasteiger charge is -2.21. The summed E-state index contributed by atoms with van der Waals surface area (Å²) in [5.41, 5.74) is 0. The Morgan fingerprint density at radius 2 is 2.09 bits per heavy atom. The van der Waals surface area contributed by atoms with Crippen molar-refractivity contribution in [3.8, 4) is 0 Å². The van der Waals surface area contributed by atoms with Crippen LogP contribution < -0.4 is 5.32 Å². The van der Waals surface area contributed by atoms with E-state index in [-0.39, 0.29) is 0 Å². The molecule has 0 aromatic rings. The molecule has 1 unspecified atom stereocenters. The minimum absolute atomic E-state index is 0.449. The molecule has 11 heavy (non-hydrogen) atoms. The van der Waals surface area contributed by atoms with E-state index in [0.717, 1.165) is 32.4 Å². The second-order valence-corrected chi connectivity index (χ2v) is 4.06. The predicted octanol–water partition coefficient (Wildman–Crippen LogP) is 0.598. The Morgan fingerprint density at radius 1 is 1.45 bits per heavy atom. The van der Waals surface area contributed by atoms with Crippen LogP contribution in [-0.4, -0.2) is 27.6 Å². The van der Waals surface area contributed by atoms with Crippen molar-refractivity contribution in [2.24, 2.45) is 5.92 Å². The zero-order valence-corrected chi connectivity index (χ0v) is 7.40. The van der Waals surface area contributed by atoms with Gasteiger partial charge in [0.2, 0.25) is 0 Å². The highest BCUT2D eigenvalue weighted by Crippen LogP contribution is 2.15. The van der Waals surface area contributed by atoms with Crippen LogP contribution in [0.15, 0.2) is 0 Å². The highest BCUT2D eigenvalue weighted by Gasteiger charge is 2.12. The lowest BCUT2D eigenvalue weighted by Crippen LogP contribution is -2.28. The number of nitrogens with one attached hydrogen (secondary N) is 1. The molecule has 3 nitrogen and oxygen atoms in total. The fourth-order valence-electron chi connectivity index (χ4n) is 1.44. The Balaban J connectivity index is 2.09. The molecule has 1 fully saturated rings. The molecular formula is C7H15NO2S. The summed E-state index contributed by atoms with van der Waals surface area (Å²) in [5.74, 6) is 1.12. The average molecular weight is 177 g/mol. The molecule has 0 aromatic carbocycles. The van der Waals surface area contributed by atoms with Gasteiger partial charge in [0.05, 0.1) is 0 Å². The van der Waals surface area contributed by atoms with Crippen LogP contribution in [0.4, 0.5) is 0 Å². The van der Waals surface area contributed by atoms with Gasteiger partial charge in [-0.15, -0.1) is 0 Å². The van der Waals surface area contributed by atoms with Crippen molar-refractivity contribution in [3.05, 3.63) is 0 Å². The van der Waals surface area contributed by atoms with Gasteiger partial charge in [-0.05, 0) is 38.3 Å². The quantitative estimate of drug-likeness (QED) is 0.621. The van der Waals surface area contributed by atoms with Gasteiger partial charge in [-0.3, -0.25) is 0 Å². The van der Waals surface area contributed by atoms with Crippen LogP contribution in [0.3, 0.4) is 0 Å². The van der Waals surface area contributed by atoms with Gasteiger partial charge >= 0.3 is 0 Å². The van der Waals surface area contributed by atoms with E-state index >= 15 is 0 Å². The SMILES string of the molecule is O=S(O)CCC1CCNCC1. The summed E-state index contributed by atoms with van der Waals surface area (Å²) in [6.45, 7) is 2.14. The van der Waals surface area contributed by atoms with E-state index in [2.05, 4.69) is 5.32 Å². The molecular weight excluding hydrogens is 162 g/mol. The highest BCUT2D eigenvalue weighted by molar-refractivity contribution is 7.79. The number of rotatable bonds is 3. The molecule has 66 valence electrons. The van der Waals surface area contributed by atoms with Crippen molar-refractivity contribution in [1.29, 1.82) is 0 Å². The second-order valence-electron chi connectivity index (χ2n) is 3.01. The highest BCUT2D eigenvalue weighted by atomic mass is 32.2. The molecule has 0 amide bonds. The lowest BCUT2D eigenvalue weighted by atomic mass is 9.96. The van der Waals surface area contributed by atoms with Crippen molar-refractivity contribution in [2.75, 3.05) is 18.8 Å². The first-order valence-corrected chi connectivity index (χ1v) is 5.35. The van der Waals surface area contributed by atoms with E-state index in [1.165, 1.54) is 0 Å². The first-order valence-electron chi connectivity index (χ1n) is 4.07. The van der Waals surface area contributed by atoms with Gasteiger partial charge < -0.3 is 9.87 Å². The Labute approximate surface area is 69.9 Å². The summed E-state index contributed by atoms with van der Waals surface area (Å²) >= 11 is -1.59. The molecule has 2 N–H and O–H groups in total. The third kappa shape index (κ3) is 3.84. The smallest absolute Gasteiger partial charge is 0.152 e. The van der Waals surface area contributed by atoms with E-state index in [4.69, 9.17) is 4.55 Å². The van der Waals surface area contributed by atoms with Crippen molar-refractivity contribution in [1.82, 2.24) is 5.32 Å². The lowest BCUT2D eigenvalue weighted by molar-refractivity contribution is 0.365. The summed E-state index contributed by atoms with van der Waals surface area (Å²) in [6.07, 6.45) is 3.24. The normalized spacial score (nSPS) is 23.4. The van der Waals surface area contributed by atoms with Crippen molar-refractivity contribution >= 4 is 11.1 Å². The van der Waals surface area contributed by atoms with E-state index in [9.17, 15) is 4.21 Å². The van der Waals surface area contributed by atoms with Gasteiger partial charge in [-0.1, -0.05) is 0 Å². The van der Waals surface area contributed by atoms with Crippen LogP contribution in [-0.2, 0) is 11.1 Å². The first-order chi connectivity index (χ1) is 5.29. The molecule has 1 aliphatic rings. The van der Waals surface area contributed by atoms with E-state index in [0.29, 0.717) is 11.7 Å². The summed E-state index contributed by atoms with van der Waals surface area (Å²) in [5, 5.41) is 3.26. The molecule has 0 saturated carbocycles. The van der Waals surface area contributed by atoms with Crippen LogP contribution in [0.2, 0.25) is 0 Å². The van der Waals surface area contributed by atoms with Crippen LogP contribution in [0.1, 0.15) is 19.3 Å². The molecule has 1 aliphatic heterocycles. The number of piperidine rings is 1. The van der Waals surface area contributed by atoms with Gasteiger partial charge in [0.25, 0.3) is 0 Å². The summed E-state index contributed by atoms with van der Waals surface area (Å²) in [6, 6.07) is 0. The summed E-state index contributed by atoms with van der Waals surface area (Å²) in [7, 11) is 0. The van der Waals surface area contributed by atoms with Crippen molar-refractivity contribution < 1.29 is 8.76 Å². The van der Waals surface area contributed by atoms with Gasteiger partial charge in [-0.2, -0.15) is 0 Å². The van der Waals surface area contributed by atoms with E-state index in [1.54, 1.807) is 0 Å². The average Bonchev–Trinajstić information content (AvgIpc) is 2.03. The Hall–Kier alpha value is 0.0700. The van der Waals surface area contributed by atoms with Gasteiger partial charge in [-0.25, -0.2) is 4.21 Å². The van der Waals surface area contributed by atoms with Gasteiger partial charge in [0.15, 0.2) is 11.1 Å². The van der Waals surface area contributed by atoms with Gasteiger partial charge in [0.1, 0.15) is 0 Å². The molecule has 1 atom stereocenters. The fraction of sp³-hybridized carbons (Fsp3) is 1.00. The Bertz CT molecular complexity index is 134. The molecule has 0 aromatic heterocycles. The Kier molecular flexibility index (Phi) is 4.04. The summed E-state index contributed by atoms with van der Waals surface area (Å²) < 4.78 is 18.9. The largest absolute Gasteiger partial charge is 0.317 e. The standard InChI is InChI=1S/C7H15NO2S/c9-11(10)6-3-7-1-4-8-5-2-7/h7-8H,1-6H2,(H,9,10). The molecule has 0 bridgehead atoms. The number of hydrogen-bond donors (Lipinski definition) is 2. The maximum absolute atomic E-state index is 10.3. The molecule has 1 heterocycles. The molecule has 1 saturated heterocycles. The zero-order valence-electron chi connectivity index (χ0n) is 6.58. The minimum Gasteiger partial charge on any atom is -0.317 e. The van der Waals surface area contributed by atoms with Crippen LogP contribution in [0.25, 0.3) is 0 Å². The maximum Gasteiger partial charge on any atom is 0.152 e. The summed E-state index contributed by atoms with van der Waals surface area (Å²) in [4.78, 5) is 0. The molecule has 0 radical (unpaired) electrons. The van der Waals surface area contributed by atoms with Crippen LogP contribution in [0, 0.1) is 5.92 Å². The number of hydrogen-bond acceptors (Lipinski definition) is 2. The molecule has 4 heteroatoms. The zero-order chi connectivity index (χ0) is 8.10. The predicted molar refractivity (Wildman–Crippen MR) is 45.8 cm³/mol. The maximum atomic E-state index is 10.3. The third-order valence-electron chi connectivity index (χ3n) is 2.16. The first kappa shape index (κ1) is 9.16. The fourth-order valence-corrected chi connectivity index (χ4v) is 1.97. The van der Waals surface area contributed by atoms with Crippen LogP contribution >= 0.6 is 0 Å². The van der Waals surface area contributed by atoms with Gasteiger partial charge in [0, 0.05) is 5.75 Å². The van der Waals surface area contributed by atoms with Crippen molar-refractivity contribution in [3.63, 3.8) is 0 Å².